The maximum atomic E-state index is 11.6. The van der Waals surface area contributed by atoms with E-state index in [1.165, 1.54) is 6.42 Å². The van der Waals surface area contributed by atoms with Crippen LogP contribution in [0.3, 0.4) is 0 Å². The van der Waals surface area contributed by atoms with Gasteiger partial charge in [0.2, 0.25) is 0 Å². The Hall–Kier alpha value is -0.810. The minimum absolute atomic E-state index is 0.166. The number of piperazine rings is 1. The van der Waals surface area contributed by atoms with Gasteiger partial charge in [-0.2, -0.15) is 0 Å². The number of rotatable bonds is 2. The topological polar surface area (TPSA) is 44.8 Å². The van der Waals surface area contributed by atoms with Crippen molar-refractivity contribution >= 4 is 6.09 Å². The van der Waals surface area contributed by atoms with Gasteiger partial charge in [-0.05, 0) is 33.7 Å². The van der Waals surface area contributed by atoms with E-state index in [2.05, 4.69) is 24.1 Å². The van der Waals surface area contributed by atoms with Crippen LogP contribution in [0.5, 0.6) is 0 Å². The van der Waals surface area contributed by atoms with Crippen LogP contribution in [0.25, 0.3) is 0 Å². The number of nitrogens with one attached hydrogen (secondary N) is 1. The SMILES string of the molecule is CCOC(=O)N1CCN(C2CCNC2(C)C)CC1. The summed E-state index contributed by atoms with van der Waals surface area (Å²) in [6.07, 6.45) is 1.04. The van der Waals surface area contributed by atoms with Gasteiger partial charge in [-0.15, -0.1) is 0 Å². The van der Waals surface area contributed by atoms with Crippen LogP contribution >= 0.6 is 0 Å². The summed E-state index contributed by atoms with van der Waals surface area (Å²) in [6, 6.07) is 0.585. The smallest absolute Gasteiger partial charge is 0.409 e. The van der Waals surface area contributed by atoms with Crippen LogP contribution in [0.1, 0.15) is 27.2 Å². The summed E-state index contributed by atoms with van der Waals surface area (Å²) in [5.74, 6) is 0. The zero-order valence-corrected chi connectivity index (χ0v) is 11.7. The van der Waals surface area contributed by atoms with Crippen LogP contribution in [-0.2, 0) is 4.74 Å². The Balaban J connectivity index is 1.85. The van der Waals surface area contributed by atoms with Gasteiger partial charge < -0.3 is 15.0 Å². The van der Waals surface area contributed by atoms with E-state index in [9.17, 15) is 4.79 Å². The first kappa shape index (κ1) is 13.6. The Bertz CT molecular complexity index is 299. The molecule has 1 N–H and O–H groups in total. The molecule has 0 radical (unpaired) electrons. The second kappa shape index (κ2) is 5.45. The largest absolute Gasteiger partial charge is 0.450 e. The summed E-state index contributed by atoms with van der Waals surface area (Å²) in [4.78, 5) is 16.0. The molecule has 0 spiro atoms. The first-order chi connectivity index (χ1) is 8.54. The van der Waals surface area contributed by atoms with Gasteiger partial charge in [0, 0.05) is 37.8 Å². The molecule has 18 heavy (non-hydrogen) atoms. The maximum absolute atomic E-state index is 11.6. The molecule has 0 aromatic rings. The highest BCUT2D eigenvalue weighted by molar-refractivity contribution is 5.67. The molecule has 0 saturated carbocycles. The van der Waals surface area contributed by atoms with Gasteiger partial charge in [0.25, 0.3) is 0 Å². The van der Waals surface area contributed by atoms with Crippen molar-refractivity contribution in [2.75, 3.05) is 39.3 Å². The summed E-state index contributed by atoms with van der Waals surface area (Å²) in [6.45, 7) is 11.4. The Kier molecular flexibility index (Phi) is 4.12. The molecule has 2 fully saturated rings. The van der Waals surface area contributed by atoms with Crippen LogP contribution in [0, 0.1) is 0 Å². The van der Waals surface area contributed by atoms with E-state index >= 15 is 0 Å². The molecule has 5 heteroatoms. The van der Waals surface area contributed by atoms with E-state index in [0.717, 1.165) is 32.7 Å². The lowest BCUT2D eigenvalue weighted by Gasteiger charge is -2.42. The van der Waals surface area contributed by atoms with Crippen LogP contribution in [0.4, 0.5) is 4.79 Å². The molecular formula is C13H25N3O2. The first-order valence-electron chi connectivity index (χ1n) is 6.95. The molecular weight excluding hydrogens is 230 g/mol. The molecule has 1 unspecified atom stereocenters. The van der Waals surface area contributed by atoms with Crippen molar-refractivity contribution in [3.8, 4) is 0 Å². The van der Waals surface area contributed by atoms with E-state index in [0.29, 0.717) is 12.6 Å². The molecule has 2 heterocycles. The maximum Gasteiger partial charge on any atom is 0.409 e. The Morgan fingerprint density at radius 1 is 1.33 bits per heavy atom. The molecule has 0 aliphatic carbocycles. The normalized spacial score (nSPS) is 28.4. The second-order valence-electron chi connectivity index (χ2n) is 5.67. The van der Waals surface area contributed by atoms with E-state index in [4.69, 9.17) is 4.74 Å². The minimum Gasteiger partial charge on any atom is -0.450 e. The van der Waals surface area contributed by atoms with Crippen molar-refractivity contribution in [1.29, 1.82) is 0 Å². The Morgan fingerprint density at radius 2 is 2.00 bits per heavy atom. The van der Waals surface area contributed by atoms with Crippen molar-refractivity contribution in [1.82, 2.24) is 15.1 Å². The lowest BCUT2D eigenvalue weighted by atomic mass is 9.95. The molecule has 1 atom stereocenters. The predicted octanol–water partition coefficient (Wildman–Crippen LogP) is 0.901. The molecule has 0 aromatic carbocycles. The van der Waals surface area contributed by atoms with Gasteiger partial charge >= 0.3 is 6.09 Å². The third-order valence-electron chi connectivity index (χ3n) is 4.11. The molecule has 0 bridgehead atoms. The molecule has 104 valence electrons. The van der Waals surface area contributed by atoms with Gasteiger partial charge in [-0.1, -0.05) is 0 Å². The number of hydrogen-bond donors (Lipinski definition) is 1. The zero-order chi connectivity index (χ0) is 13.2. The summed E-state index contributed by atoms with van der Waals surface area (Å²) < 4.78 is 5.04. The van der Waals surface area contributed by atoms with E-state index in [1.807, 2.05) is 11.8 Å². The van der Waals surface area contributed by atoms with Gasteiger partial charge in [0.1, 0.15) is 0 Å². The van der Waals surface area contributed by atoms with Crippen LogP contribution < -0.4 is 5.32 Å². The highest BCUT2D eigenvalue weighted by atomic mass is 16.6. The fourth-order valence-corrected chi connectivity index (χ4v) is 3.08. The van der Waals surface area contributed by atoms with E-state index in [-0.39, 0.29) is 11.6 Å². The van der Waals surface area contributed by atoms with Gasteiger partial charge in [-0.3, -0.25) is 4.90 Å². The molecule has 2 rings (SSSR count). The monoisotopic (exact) mass is 255 g/mol. The number of carbonyl (C=O) groups excluding carboxylic acids is 1. The van der Waals surface area contributed by atoms with Gasteiger partial charge in [0.05, 0.1) is 6.61 Å². The highest BCUT2D eigenvalue weighted by Crippen LogP contribution is 2.25. The van der Waals surface area contributed by atoms with Crippen LogP contribution in [0.15, 0.2) is 0 Å². The third-order valence-corrected chi connectivity index (χ3v) is 4.11. The summed E-state index contributed by atoms with van der Waals surface area (Å²) >= 11 is 0. The quantitative estimate of drug-likeness (QED) is 0.796. The Labute approximate surface area is 109 Å². The lowest BCUT2D eigenvalue weighted by molar-refractivity contribution is 0.0555. The fourth-order valence-electron chi connectivity index (χ4n) is 3.08. The molecule has 2 saturated heterocycles. The molecule has 2 aliphatic rings. The molecule has 5 nitrogen and oxygen atoms in total. The van der Waals surface area contributed by atoms with Crippen molar-refractivity contribution in [3.63, 3.8) is 0 Å². The average Bonchev–Trinajstić information content (AvgIpc) is 2.69. The van der Waals surface area contributed by atoms with E-state index < -0.39 is 0 Å². The molecule has 0 aromatic heterocycles. The first-order valence-corrected chi connectivity index (χ1v) is 6.95. The number of carbonyl (C=O) groups is 1. The van der Waals surface area contributed by atoms with Crippen molar-refractivity contribution in [2.45, 2.75) is 38.8 Å². The molecule has 2 aliphatic heterocycles. The number of hydrogen-bond acceptors (Lipinski definition) is 4. The van der Waals surface area contributed by atoms with Crippen molar-refractivity contribution < 1.29 is 9.53 Å². The van der Waals surface area contributed by atoms with Gasteiger partial charge in [0.15, 0.2) is 0 Å². The zero-order valence-electron chi connectivity index (χ0n) is 11.7. The Morgan fingerprint density at radius 3 is 2.50 bits per heavy atom. The van der Waals surface area contributed by atoms with Crippen LogP contribution in [0.2, 0.25) is 0 Å². The van der Waals surface area contributed by atoms with Gasteiger partial charge in [-0.25, -0.2) is 4.79 Å². The average molecular weight is 255 g/mol. The molecule has 1 amide bonds. The standard InChI is InChI=1S/C13H25N3O2/c1-4-18-12(17)16-9-7-15(8-10-16)11-5-6-14-13(11,2)3/h11,14H,4-10H2,1-3H3. The third kappa shape index (κ3) is 2.78. The van der Waals surface area contributed by atoms with Crippen molar-refractivity contribution in [2.24, 2.45) is 0 Å². The van der Waals surface area contributed by atoms with Crippen molar-refractivity contribution in [3.05, 3.63) is 0 Å². The number of ether oxygens (including phenoxy) is 1. The van der Waals surface area contributed by atoms with E-state index in [1.54, 1.807) is 0 Å². The minimum atomic E-state index is -0.166. The number of amides is 1. The predicted molar refractivity (Wildman–Crippen MR) is 70.7 cm³/mol. The summed E-state index contributed by atoms with van der Waals surface area (Å²) in [7, 11) is 0. The number of nitrogens with zero attached hydrogens (tertiary/aromatic N) is 2. The summed E-state index contributed by atoms with van der Waals surface area (Å²) in [5, 5.41) is 3.55. The summed E-state index contributed by atoms with van der Waals surface area (Å²) in [5.41, 5.74) is 0.187. The van der Waals surface area contributed by atoms with Crippen LogP contribution in [-0.4, -0.2) is 66.8 Å². The fraction of sp³-hybridized carbons (Fsp3) is 0.923. The second-order valence-corrected chi connectivity index (χ2v) is 5.67. The lowest BCUT2D eigenvalue weighted by Crippen LogP contribution is -2.57. The highest BCUT2D eigenvalue weighted by Gasteiger charge is 2.39.